The first-order valence-electron chi connectivity index (χ1n) is 10.1. The number of hydrogen-bond donors (Lipinski definition) is 2. The van der Waals surface area contributed by atoms with Gasteiger partial charge in [-0.2, -0.15) is 0 Å². The SMILES string of the molecule is O=C(NO)c1cnc2c(c1)CCN(C1CCC13CCN(C1CC1)CC3)C2. The van der Waals surface area contributed by atoms with Gasteiger partial charge < -0.3 is 4.90 Å². The van der Waals surface area contributed by atoms with E-state index in [0.717, 1.165) is 36.8 Å². The number of hydroxylamine groups is 1. The van der Waals surface area contributed by atoms with Gasteiger partial charge in [-0.25, -0.2) is 5.48 Å². The second-order valence-corrected chi connectivity index (χ2v) is 8.68. The summed E-state index contributed by atoms with van der Waals surface area (Å²) >= 11 is 0. The number of nitrogens with one attached hydrogen (secondary N) is 1. The molecule has 2 aliphatic heterocycles. The van der Waals surface area contributed by atoms with Crippen LogP contribution >= 0.6 is 0 Å². The van der Waals surface area contributed by atoms with Gasteiger partial charge in [0, 0.05) is 31.4 Å². The Balaban J connectivity index is 1.27. The first kappa shape index (κ1) is 16.7. The Morgan fingerprint density at radius 2 is 1.96 bits per heavy atom. The van der Waals surface area contributed by atoms with Crippen LogP contribution in [-0.2, 0) is 13.0 Å². The molecule has 2 saturated carbocycles. The zero-order valence-electron chi connectivity index (χ0n) is 15.3. The summed E-state index contributed by atoms with van der Waals surface area (Å²) in [6, 6.07) is 3.50. The van der Waals surface area contributed by atoms with Crippen molar-refractivity contribution in [3.8, 4) is 0 Å². The van der Waals surface area contributed by atoms with E-state index in [4.69, 9.17) is 5.21 Å². The minimum atomic E-state index is -0.483. The lowest BCUT2D eigenvalue weighted by atomic mass is 9.58. The number of nitrogens with zero attached hydrogens (tertiary/aromatic N) is 3. The highest BCUT2D eigenvalue weighted by Gasteiger charge is 2.51. The predicted molar refractivity (Wildman–Crippen MR) is 96.9 cm³/mol. The van der Waals surface area contributed by atoms with Gasteiger partial charge in [0.05, 0.1) is 11.3 Å². The molecule has 1 unspecified atom stereocenters. The minimum Gasteiger partial charge on any atom is -0.300 e. The van der Waals surface area contributed by atoms with Gasteiger partial charge in [0.1, 0.15) is 0 Å². The molecule has 0 radical (unpaired) electrons. The number of aromatic nitrogens is 1. The highest BCUT2D eigenvalue weighted by atomic mass is 16.5. The third-order valence-electron chi connectivity index (χ3n) is 7.37. The third-order valence-corrected chi connectivity index (χ3v) is 7.37. The van der Waals surface area contributed by atoms with Crippen LogP contribution in [0.2, 0.25) is 0 Å². The van der Waals surface area contributed by atoms with E-state index >= 15 is 0 Å². The number of hydrogen-bond acceptors (Lipinski definition) is 5. The van der Waals surface area contributed by atoms with Crippen molar-refractivity contribution < 1.29 is 10.0 Å². The number of pyridine rings is 1. The zero-order valence-corrected chi connectivity index (χ0v) is 15.3. The van der Waals surface area contributed by atoms with Crippen molar-refractivity contribution >= 4 is 5.91 Å². The number of amides is 1. The largest absolute Gasteiger partial charge is 0.300 e. The van der Waals surface area contributed by atoms with E-state index in [1.807, 2.05) is 6.07 Å². The van der Waals surface area contributed by atoms with Crippen LogP contribution in [0.3, 0.4) is 0 Å². The number of carbonyl (C=O) groups excluding carboxylic acids is 1. The quantitative estimate of drug-likeness (QED) is 0.640. The molecule has 4 aliphatic rings. The van der Waals surface area contributed by atoms with Crippen LogP contribution in [-0.4, -0.2) is 57.6 Å². The zero-order chi connectivity index (χ0) is 17.7. The van der Waals surface area contributed by atoms with Crippen molar-refractivity contribution in [1.29, 1.82) is 0 Å². The van der Waals surface area contributed by atoms with Crippen LogP contribution < -0.4 is 5.48 Å². The maximum atomic E-state index is 11.6. The van der Waals surface area contributed by atoms with Crippen molar-refractivity contribution in [3.05, 3.63) is 29.1 Å². The Morgan fingerprint density at radius 1 is 1.15 bits per heavy atom. The molecule has 2 N–H and O–H groups in total. The predicted octanol–water partition coefficient (Wildman–Crippen LogP) is 1.97. The normalized spacial score (nSPS) is 28.4. The van der Waals surface area contributed by atoms with E-state index in [1.165, 1.54) is 51.6 Å². The molecule has 1 aromatic heterocycles. The van der Waals surface area contributed by atoms with Gasteiger partial charge in [-0.1, -0.05) is 0 Å². The lowest BCUT2D eigenvalue weighted by Crippen LogP contribution is -2.60. The fraction of sp³-hybridized carbons (Fsp3) is 0.700. The Bertz CT molecular complexity index is 710. The second-order valence-electron chi connectivity index (χ2n) is 8.68. The molecule has 3 fully saturated rings. The van der Waals surface area contributed by atoms with Gasteiger partial charge >= 0.3 is 0 Å². The molecule has 5 rings (SSSR count). The molecule has 26 heavy (non-hydrogen) atoms. The van der Waals surface area contributed by atoms with Crippen LogP contribution in [0.1, 0.15) is 60.1 Å². The smallest absolute Gasteiger partial charge is 0.276 e. The van der Waals surface area contributed by atoms with Gasteiger partial charge in [-0.3, -0.25) is 19.9 Å². The molecule has 6 heteroatoms. The molecule has 1 saturated heterocycles. The van der Waals surface area contributed by atoms with Gasteiger partial charge in [0.2, 0.25) is 0 Å². The number of carbonyl (C=O) groups is 1. The van der Waals surface area contributed by atoms with E-state index < -0.39 is 5.91 Å². The van der Waals surface area contributed by atoms with Crippen molar-refractivity contribution in [2.45, 2.75) is 63.6 Å². The van der Waals surface area contributed by atoms with E-state index in [-0.39, 0.29) is 0 Å². The summed E-state index contributed by atoms with van der Waals surface area (Å²) in [4.78, 5) is 21.5. The van der Waals surface area contributed by atoms with Crippen LogP contribution in [0.15, 0.2) is 12.3 Å². The highest BCUT2D eigenvalue weighted by molar-refractivity contribution is 5.93. The summed E-state index contributed by atoms with van der Waals surface area (Å²) in [6.07, 6.45) is 10.8. The van der Waals surface area contributed by atoms with E-state index in [1.54, 1.807) is 11.7 Å². The first-order valence-corrected chi connectivity index (χ1v) is 10.1. The fourth-order valence-electron chi connectivity index (χ4n) is 5.50. The molecule has 1 amide bonds. The average Bonchev–Trinajstić information content (AvgIpc) is 3.51. The maximum Gasteiger partial charge on any atom is 0.276 e. The van der Waals surface area contributed by atoms with Crippen molar-refractivity contribution in [3.63, 3.8) is 0 Å². The molecule has 0 bridgehead atoms. The number of piperidine rings is 1. The van der Waals surface area contributed by atoms with E-state index in [0.29, 0.717) is 17.0 Å². The summed E-state index contributed by atoms with van der Waals surface area (Å²) < 4.78 is 0. The summed E-state index contributed by atoms with van der Waals surface area (Å²) in [5.74, 6) is -0.483. The summed E-state index contributed by atoms with van der Waals surface area (Å²) in [5, 5.41) is 8.81. The molecule has 140 valence electrons. The Hall–Kier alpha value is -1.50. The van der Waals surface area contributed by atoms with Gasteiger partial charge in [0.15, 0.2) is 0 Å². The molecule has 1 spiro atoms. The van der Waals surface area contributed by atoms with Gasteiger partial charge in [-0.15, -0.1) is 0 Å². The van der Waals surface area contributed by atoms with Crippen molar-refractivity contribution in [2.75, 3.05) is 19.6 Å². The molecular formula is C20H28N4O2. The van der Waals surface area contributed by atoms with Gasteiger partial charge in [0.25, 0.3) is 5.91 Å². The molecule has 2 aliphatic carbocycles. The monoisotopic (exact) mass is 356 g/mol. The molecule has 1 atom stereocenters. The van der Waals surface area contributed by atoms with Crippen LogP contribution in [0, 0.1) is 5.41 Å². The third kappa shape index (κ3) is 2.75. The molecular weight excluding hydrogens is 328 g/mol. The van der Waals surface area contributed by atoms with Crippen molar-refractivity contribution in [1.82, 2.24) is 20.3 Å². The molecule has 0 aromatic carbocycles. The van der Waals surface area contributed by atoms with Crippen LogP contribution in [0.5, 0.6) is 0 Å². The summed E-state index contributed by atoms with van der Waals surface area (Å²) in [5.41, 5.74) is 4.93. The average molecular weight is 356 g/mol. The lowest BCUT2D eigenvalue weighted by molar-refractivity contribution is -0.0749. The Labute approximate surface area is 154 Å². The first-order chi connectivity index (χ1) is 12.7. The maximum absolute atomic E-state index is 11.6. The van der Waals surface area contributed by atoms with Crippen molar-refractivity contribution in [2.24, 2.45) is 5.41 Å². The molecule has 3 heterocycles. The molecule has 6 nitrogen and oxygen atoms in total. The fourth-order valence-corrected chi connectivity index (χ4v) is 5.50. The Kier molecular flexibility index (Phi) is 4.03. The second kappa shape index (κ2) is 6.29. The highest BCUT2D eigenvalue weighted by Crippen LogP contribution is 2.53. The van der Waals surface area contributed by atoms with E-state index in [9.17, 15) is 4.79 Å². The Morgan fingerprint density at radius 3 is 2.62 bits per heavy atom. The van der Waals surface area contributed by atoms with Crippen LogP contribution in [0.25, 0.3) is 0 Å². The number of likely N-dealkylation sites (tertiary alicyclic amines) is 1. The topological polar surface area (TPSA) is 68.7 Å². The number of rotatable bonds is 3. The van der Waals surface area contributed by atoms with Gasteiger partial charge in [-0.05, 0) is 75.1 Å². The van der Waals surface area contributed by atoms with E-state index in [2.05, 4.69) is 14.8 Å². The number of fused-ring (bicyclic) bond motifs is 1. The van der Waals surface area contributed by atoms with Crippen LogP contribution in [0.4, 0.5) is 0 Å². The summed E-state index contributed by atoms with van der Waals surface area (Å²) in [6.45, 7) is 4.54. The minimum absolute atomic E-state index is 0.437. The lowest BCUT2D eigenvalue weighted by Gasteiger charge is -2.58. The standard InChI is InChI=1S/C20H28N4O2/c25-19(22-26)15-11-14-4-8-24(13-17(14)21-12-15)18-3-5-20(18)6-9-23(10-7-20)16-1-2-16/h11-12,16,18,26H,1-10,13H2,(H,22,25). The molecule has 1 aromatic rings. The summed E-state index contributed by atoms with van der Waals surface area (Å²) in [7, 11) is 0.